The highest BCUT2D eigenvalue weighted by atomic mass is 32.1. The van der Waals surface area contributed by atoms with Crippen molar-refractivity contribution in [2.45, 2.75) is 51.4 Å². The van der Waals surface area contributed by atoms with Crippen LogP contribution in [0.15, 0.2) is 24.3 Å². The van der Waals surface area contributed by atoms with E-state index in [4.69, 9.17) is 24.7 Å². The van der Waals surface area contributed by atoms with E-state index in [1.54, 1.807) is 11.3 Å². The summed E-state index contributed by atoms with van der Waals surface area (Å²) in [6.07, 6.45) is -0.574. The van der Waals surface area contributed by atoms with Crippen molar-refractivity contribution in [2.75, 3.05) is 32.8 Å². The predicted octanol–water partition coefficient (Wildman–Crippen LogP) is 4.14. The summed E-state index contributed by atoms with van der Waals surface area (Å²) in [6.45, 7) is 6.92. The zero-order chi connectivity index (χ0) is 26.3. The molecule has 2 N–H and O–H groups in total. The van der Waals surface area contributed by atoms with Gasteiger partial charge in [0, 0.05) is 42.5 Å². The van der Waals surface area contributed by atoms with E-state index in [0.29, 0.717) is 6.54 Å². The number of alkyl halides is 3. The fourth-order valence-corrected chi connectivity index (χ4v) is 5.33. The molecule has 2 aliphatic heterocycles. The third-order valence-corrected chi connectivity index (χ3v) is 7.19. The van der Waals surface area contributed by atoms with Crippen molar-refractivity contribution >= 4 is 23.3 Å². The lowest BCUT2D eigenvalue weighted by Crippen LogP contribution is -2.34. The molecule has 2 aliphatic rings. The number of thiazole rings is 1. The van der Waals surface area contributed by atoms with Crippen molar-refractivity contribution in [3.63, 3.8) is 0 Å². The molecule has 0 radical (unpaired) electrons. The summed E-state index contributed by atoms with van der Waals surface area (Å²) in [5.41, 5.74) is 2.20. The minimum atomic E-state index is -5.08. The van der Waals surface area contributed by atoms with Gasteiger partial charge in [-0.3, -0.25) is 9.69 Å². The first-order valence-electron chi connectivity index (χ1n) is 11.7. The number of aliphatic carboxylic acids is 2. The zero-order valence-corrected chi connectivity index (χ0v) is 20.8. The van der Waals surface area contributed by atoms with Crippen LogP contribution in [-0.2, 0) is 22.6 Å². The minimum Gasteiger partial charge on any atom is -0.494 e. The first-order chi connectivity index (χ1) is 17.0. The van der Waals surface area contributed by atoms with Gasteiger partial charge in [0.15, 0.2) is 0 Å². The molecule has 0 saturated carbocycles. The van der Waals surface area contributed by atoms with Crippen LogP contribution in [0.1, 0.15) is 36.8 Å². The molecule has 1 fully saturated rings. The van der Waals surface area contributed by atoms with Crippen LogP contribution < -0.4 is 4.74 Å². The van der Waals surface area contributed by atoms with Gasteiger partial charge in [0.2, 0.25) is 0 Å². The normalized spacial score (nSPS) is 18.3. The minimum absolute atomic E-state index is 0.0926. The van der Waals surface area contributed by atoms with Crippen molar-refractivity contribution in [3.8, 4) is 16.3 Å². The molecule has 0 amide bonds. The molecule has 0 spiro atoms. The van der Waals surface area contributed by atoms with Gasteiger partial charge in [0.25, 0.3) is 0 Å². The summed E-state index contributed by atoms with van der Waals surface area (Å²) in [5.74, 6) is -2.63. The van der Waals surface area contributed by atoms with Crippen molar-refractivity contribution in [1.29, 1.82) is 0 Å². The predicted molar refractivity (Wildman–Crippen MR) is 128 cm³/mol. The number of likely N-dealkylation sites (tertiary alicyclic amines) is 1. The van der Waals surface area contributed by atoms with Crippen LogP contribution in [-0.4, -0.2) is 81.9 Å². The van der Waals surface area contributed by atoms with E-state index in [1.165, 1.54) is 24.3 Å². The maximum absolute atomic E-state index is 10.9. The average Bonchev–Trinajstić information content (AvgIpc) is 3.42. The second kappa shape index (κ2) is 12.5. The highest BCUT2D eigenvalue weighted by Crippen LogP contribution is 2.32. The van der Waals surface area contributed by atoms with Gasteiger partial charge in [-0.25, -0.2) is 9.78 Å². The molecule has 3 heterocycles. The molecule has 0 aliphatic carbocycles. The molecule has 1 atom stereocenters. The fraction of sp³-hybridized carbons (Fsp3) is 0.542. The van der Waals surface area contributed by atoms with Gasteiger partial charge in [-0.05, 0) is 57.0 Å². The number of nitrogens with zero attached hydrogens (tertiary/aromatic N) is 3. The van der Waals surface area contributed by atoms with Crippen molar-refractivity contribution < 1.29 is 37.7 Å². The lowest BCUT2D eigenvalue weighted by atomic mass is 10.2. The number of carboxylic acids is 2. The third-order valence-electron chi connectivity index (χ3n) is 6.06. The Hall–Kier alpha value is -2.70. The van der Waals surface area contributed by atoms with E-state index < -0.39 is 18.1 Å². The molecular formula is C24H30F3N3O5S. The van der Waals surface area contributed by atoms with Crippen molar-refractivity contribution in [2.24, 2.45) is 0 Å². The smallest absolute Gasteiger partial charge is 0.490 e. The number of hydrogen-bond donors (Lipinski definition) is 2. The third kappa shape index (κ3) is 8.17. The van der Waals surface area contributed by atoms with E-state index in [2.05, 4.69) is 24.0 Å². The molecule has 1 saturated heterocycles. The van der Waals surface area contributed by atoms with Gasteiger partial charge in [-0.2, -0.15) is 13.2 Å². The quantitative estimate of drug-likeness (QED) is 0.492. The number of aromatic nitrogens is 1. The summed E-state index contributed by atoms with van der Waals surface area (Å²) >= 11 is 1.67. The molecule has 2 aromatic rings. The number of rotatable bonds is 8. The Labute approximate surface area is 211 Å². The molecule has 4 rings (SSSR count). The number of fused-ring (bicyclic) bond motifs is 1. The molecule has 36 heavy (non-hydrogen) atoms. The summed E-state index contributed by atoms with van der Waals surface area (Å²) in [6, 6.07) is 8.89. The van der Waals surface area contributed by atoms with Gasteiger partial charge >= 0.3 is 18.1 Å². The first-order valence-corrected chi connectivity index (χ1v) is 12.5. The van der Waals surface area contributed by atoms with Crippen LogP contribution in [0.2, 0.25) is 0 Å². The van der Waals surface area contributed by atoms with E-state index in [9.17, 15) is 18.0 Å². The van der Waals surface area contributed by atoms with Gasteiger partial charge in [-0.15, -0.1) is 11.3 Å². The number of carbonyl (C=O) groups is 2. The monoisotopic (exact) mass is 529 g/mol. The van der Waals surface area contributed by atoms with Gasteiger partial charge < -0.3 is 19.8 Å². The number of hydrogen-bond acceptors (Lipinski definition) is 7. The fourth-order valence-electron chi connectivity index (χ4n) is 4.17. The van der Waals surface area contributed by atoms with E-state index in [-0.39, 0.29) is 6.54 Å². The topological polar surface area (TPSA) is 103 Å². The van der Waals surface area contributed by atoms with Crippen LogP contribution in [0.5, 0.6) is 5.75 Å². The van der Waals surface area contributed by atoms with Crippen molar-refractivity contribution in [3.05, 3.63) is 34.8 Å². The Morgan fingerprint density at radius 2 is 1.89 bits per heavy atom. The maximum atomic E-state index is 10.9. The van der Waals surface area contributed by atoms with Crippen LogP contribution in [0.25, 0.3) is 10.6 Å². The lowest BCUT2D eigenvalue weighted by Gasteiger charge is -2.23. The van der Waals surface area contributed by atoms with Crippen LogP contribution >= 0.6 is 11.3 Å². The Morgan fingerprint density at radius 3 is 2.47 bits per heavy atom. The second-order valence-electron chi connectivity index (χ2n) is 8.80. The van der Waals surface area contributed by atoms with Gasteiger partial charge in [0.1, 0.15) is 10.8 Å². The number of ether oxygens (including phenoxy) is 1. The summed E-state index contributed by atoms with van der Waals surface area (Å²) in [7, 11) is 0. The Balaban J connectivity index is 0.000000454. The molecular weight excluding hydrogens is 499 g/mol. The summed E-state index contributed by atoms with van der Waals surface area (Å²) < 4.78 is 37.7. The van der Waals surface area contributed by atoms with Crippen LogP contribution in [0, 0.1) is 0 Å². The molecule has 1 aromatic carbocycles. The van der Waals surface area contributed by atoms with Crippen LogP contribution in [0.3, 0.4) is 0 Å². The van der Waals surface area contributed by atoms with Gasteiger partial charge in [-0.1, -0.05) is 0 Å². The molecule has 8 nitrogen and oxygen atoms in total. The van der Waals surface area contributed by atoms with E-state index >= 15 is 0 Å². The summed E-state index contributed by atoms with van der Waals surface area (Å²) in [5, 5.41) is 17.1. The average molecular weight is 530 g/mol. The van der Waals surface area contributed by atoms with Crippen LogP contribution in [0.4, 0.5) is 13.2 Å². The van der Waals surface area contributed by atoms with E-state index in [1.807, 2.05) is 17.0 Å². The van der Waals surface area contributed by atoms with Gasteiger partial charge in [0.05, 0.1) is 18.8 Å². The molecule has 12 heteroatoms. The number of benzene rings is 1. The summed E-state index contributed by atoms with van der Waals surface area (Å²) in [4.78, 5) is 30.3. The molecule has 0 unspecified atom stereocenters. The molecule has 198 valence electrons. The zero-order valence-electron chi connectivity index (χ0n) is 20.0. The maximum Gasteiger partial charge on any atom is 0.490 e. The second-order valence-corrected chi connectivity index (χ2v) is 9.88. The Kier molecular flexibility index (Phi) is 9.69. The number of carboxylic acid groups (broad SMARTS) is 2. The highest BCUT2D eigenvalue weighted by Gasteiger charge is 2.38. The highest BCUT2D eigenvalue weighted by molar-refractivity contribution is 7.15. The number of halogens is 3. The SMILES string of the molecule is C[C@@H]1CCCN1CCCOc1ccc(-c2nc3c(s2)CN(CC(=O)O)CC3)cc1.O=C(O)C(F)(F)F. The Bertz CT molecular complexity index is 1030. The van der Waals surface area contributed by atoms with E-state index in [0.717, 1.165) is 60.6 Å². The first kappa shape index (κ1) is 27.9. The largest absolute Gasteiger partial charge is 0.494 e. The van der Waals surface area contributed by atoms with Crippen molar-refractivity contribution in [1.82, 2.24) is 14.8 Å². The Morgan fingerprint density at radius 1 is 1.19 bits per heavy atom. The standard InChI is InChI=1S/C22H29N3O3S.C2HF3O2/c1-16-4-2-10-25(16)11-3-13-28-18-7-5-17(6-8-18)22-23-19-9-12-24(15-21(26)27)14-20(19)29-22;3-2(4,5)1(6)7/h5-8,16H,2-4,9-15H2,1H3,(H,26,27);(H,6,7)/t16-;/m1./s1. The lowest BCUT2D eigenvalue weighted by molar-refractivity contribution is -0.192. The molecule has 1 aromatic heterocycles. The molecule has 0 bridgehead atoms.